The first kappa shape index (κ1) is 14.5. The molecular weight excluding hydrogens is 270 g/mol. The van der Waals surface area contributed by atoms with Crippen molar-refractivity contribution < 1.29 is 9.72 Å². The standard InChI is InChI=1S/C15H15N3O3/c1-10-5-2-3-6-11(10)9-17-15(19)12-7-4-8-13(16)14(12)18(20)21/h2-8H,9,16H2,1H3,(H,17,19). The molecule has 0 radical (unpaired) electrons. The predicted octanol–water partition coefficient (Wildman–Crippen LogP) is 2.42. The van der Waals surface area contributed by atoms with E-state index in [1.165, 1.54) is 18.2 Å². The molecule has 0 fully saturated rings. The van der Waals surface area contributed by atoms with Crippen LogP contribution >= 0.6 is 0 Å². The van der Waals surface area contributed by atoms with Crippen LogP contribution in [0.4, 0.5) is 11.4 Å². The zero-order valence-corrected chi connectivity index (χ0v) is 11.5. The van der Waals surface area contributed by atoms with Gasteiger partial charge in [0.15, 0.2) is 0 Å². The van der Waals surface area contributed by atoms with Crippen LogP contribution < -0.4 is 11.1 Å². The van der Waals surface area contributed by atoms with Gasteiger partial charge in [0, 0.05) is 6.54 Å². The lowest BCUT2D eigenvalue weighted by Gasteiger charge is -2.09. The second-order valence-electron chi connectivity index (χ2n) is 4.61. The highest BCUT2D eigenvalue weighted by Gasteiger charge is 2.22. The van der Waals surface area contributed by atoms with Gasteiger partial charge in [-0.25, -0.2) is 0 Å². The summed E-state index contributed by atoms with van der Waals surface area (Å²) in [7, 11) is 0. The molecule has 0 saturated carbocycles. The number of benzene rings is 2. The number of amides is 1. The average molecular weight is 285 g/mol. The molecule has 6 heteroatoms. The van der Waals surface area contributed by atoms with Gasteiger partial charge in [0.25, 0.3) is 5.91 Å². The van der Waals surface area contributed by atoms with Crippen molar-refractivity contribution in [2.75, 3.05) is 5.73 Å². The first-order valence-corrected chi connectivity index (χ1v) is 6.36. The lowest BCUT2D eigenvalue weighted by Crippen LogP contribution is -2.24. The minimum absolute atomic E-state index is 0.0245. The molecule has 3 N–H and O–H groups in total. The predicted molar refractivity (Wildman–Crippen MR) is 79.9 cm³/mol. The highest BCUT2D eigenvalue weighted by molar-refractivity contribution is 6.00. The molecule has 0 aliphatic rings. The van der Waals surface area contributed by atoms with Crippen LogP contribution in [0.1, 0.15) is 21.5 Å². The molecule has 1 amide bonds. The topological polar surface area (TPSA) is 98.3 Å². The lowest BCUT2D eigenvalue weighted by atomic mass is 10.1. The Hall–Kier alpha value is -2.89. The summed E-state index contributed by atoms with van der Waals surface area (Å²) in [6.45, 7) is 2.24. The Kier molecular flexibility index (Phi) is 4.18. The quantitative estimate of drug-likeness (QED) is 0.512. The molecule has 2 aromatic carbocycles. The number of nitro benzene ring substituents is 1. The Morgan fingerprint density at radius 1 is 1.24 bits per heavy atom. The molecule has 108 valence electrons. The second-order valence-corrected chi connectivity index (χ2v) is 4.61. The summed E-state index contributed by atoms with van der Waals surface area (Å²) in [5.41, 5.74) is 7.15. The molecule has 0 aliphatic carbocycles. The van der Waals surface area contributed by atoms with Gasteiger partial charge in [-0.2, -0.15) is 0 Å². The van der Waals surface area contributed by atoms with Crippen molar-refractivity contribution in [3.63, 3.8) is 0 Å². The van der Waals surface area contributed by atoms with Crippen molar-refractivity contribution in [3.05, 3.63) is 69.3 Å². The van der Waals surface area contributed by atoms with Gasteiger partial charge in [-0.05, 0) is 30.2 Å². The van der Waals surface area contributed by atoms with Gasteiger partial charge in [0.1, 0.15) is 11.3 Å². The molecule has 0 unspecified atom stereocenters. The zero-order valence-electron chi connectivity index (χ0n) is 11.5. The van der Waals surface area contributed by atoms with Crippen molar-refractivity contribution in [1.29, 1.82) is 0 Å². The number of aryl methyl sites for hydroxylation is 1. The fraction of sp³-hybridized carbons (Fsp3) is 0.133. The van der Waals surface area contributed by atoms with E-state index in [1.54, 1.807) is 0 Å². The van der Waals surface area contributed by atoms with E-state index in [1.807, 2.05) is 31.2 Å². The summed E-state index contributed by atoms with van der Waals surface area (Å²) in [6.07, 6.45) is 0. The van der Waals surface area contributed by atoms with Crippen LogP contribution in [0.2, 0.25) is 0 Å². The first-order chi connectivity index (χ1) is 10.0. The fourth-order valence-corrected chi connectivity index (χ4v) is 2.03. The third kappa shape index (κ3) is 3.17. The number of anilines is 1. The van der Waals surface area contributed by atoms with Crippen molar-refractivity contribution in [1.82, 2.24) is 5.32 Å². The Labute approximate surface area is 121 Å². The molecule has 0 atom stereocenters. The number of nitrogens with two attached hydrogens (primary N) is 1. The smallest absolute Gasteiger partial charge is 0.304 e. The van der Waals surface area contributed by atoms with Crippen molar-refractivity contribution in [2.24, 2.45) is 0 Å². The Morgan fingerprint density at radius 3 is 2.62 bits per heavy atom. The van der Waals surface area contributed by atoms with Gasteiger partial charge in [0.05, 0.1) is 4.92 Å². The van der Waals surface area contributed by atoms with Crippen LogP contribution in [0.5, 0.6) is 0 Å². The SMILES string of the molecule is Cc1ccccc1CNC(=O)c1cccc(N)c1[N+](=O)[O-]. The van der Waals surface area contributed by atoms with E-state index in [9.17, 15) is 14.9 Å². The Bertz CT molecular complexity index is 698. The number of para-hydroxylation sites is 1. The van der Waals surface area contributed by atoms with Gasteiger partial charge in [-0.1, -0.05) is 30.3 Å². The highest BCUT2D eigenvalue weighted by Crippen LogP contribution is 2.25. The fourth-order valence-electron chi connectivity index (χ4n) is 2.03. The van der Waals surface area contributed by atoms with Crippen LogP contribution in [0.15, 0.2) is 42.5 Å². The normalized spacial score (nSPS) is 10.1. The molecule has 2 aromatic rings. The van der Waals surface area contributed by atoms with E-state index >= 15 is 0 Å². The number of nitro groups is 1. The summed E-state index contributed by atoms with van der Waals surface area (Å²) in [5.74, 6) is -0.516. The largest absolute Gasteiger partial charge is 0.393 e. The molecular formula is C15H15N3O3. The van der Waals surface area contributed by atoms with E-state index in [2.05, 4.69) is 5.32 Å². The van der Waals surface area contributed by atoms with Gasteiger partial charge in [-0.15, -0.1) is 0 Å². The summed E-state index contributed by atoms with van der Waals surface area (Å²) in [4.78, 5) is 22.5. The van der Waals surface area contributed by atoms with Crippen molar-refractivity contribution in [3.8, 4) is 0 Å². The highest BCUT2D eigenvalue weighted by atomic mass is 16.6. The lowest BCUT2D eigenvalue weighted by molar-refractivity contribution is -0.384. The maximum Gasteiger partial charge on any atom is 0.304 e. The van der Waals surface area contributed by atoms with E-state index < -0.39 is 10.8 Å². The summed E-state index contributed by atoms with van der Waals surface area (Å²) in [5, 5.41) is 13.7. The molecule has 21 heavy (non-hydrogen) atoms. The van der Waals surface area contributed by atoms with Crippen LogP contribution in [0, 0.1) is 17.0 Å². The Morgan fingerprint density at radius 2 is 1.95 bits per heavy atom. The van der Waals surface area contributed by atoms with Crippen LogP contribution in [0.3, 0.4) is 0 Å². The summed E-state index contributed by atoms with van der Waals surface area (Å²) >= 11 is 0. The van der Waals surface area contributed by atoms with E-state index in [4.69, 9.17) is 5.73 Å². The van der Waals surface area contributed by atoms with Crippen LogP contribution in [0.25, 0.3) is 0 Å². The molecule has 0 spiro atoms. The zero-order chi connectivity index (χ0) is 15.4. The van der Waals surface area contributed by atoms with E-state index in [0.717, 1.165) is 11.1 Å². The Balaban J connectivity index is 2.20. The van der Waals surface area contributed by atoms with Gasteiger partial charge >= 0.3 is 5.69 Å². The second kappa shape index (κ2) is 6.04. The van der Waals surface area contributed by atoms with Gasteiger partial charge in [0.2, 0.25) is 0 Å². The third-order valence-electron chi connectivity index (χ3n) is 3.20. The monoisotopic (exact) mass is 285 g/mol. The third-order valence-corrected chi connectivity index (χ3v) is 3.20. The molecule has 6 nitrogen and oxygen atoms in total. The minimum atomic E-state index is -0.641. The maximum atomic E-state index is 12.1. The molecule has 0 aliphatic heterocycles. The number of hydrogen-bond acceptors (Lipinski definition) is 4. The van der Waals surface area contributed by atoms with Gasteiger partial charge < -0.3 is 11.1 Å². The van der Waals surface area contributed by atoms with E-state index in [0.29, 0.717) is 6.54 Å². The average Bonchev–Trinajstić information content (AvgIpc) is 2.45. The molecule has 0 aromatic heterocycles. The number of nitrogens with one attached hydrogen (secondary N) is 1. The summed E-state index contributed by atoms with van der Waals surface area (Å²) < 4.78 is 0. The number of carbonyl (C=O) groups excluding carboxylic acids is 1. The molecule has 0 bridgehead atoms. The van der Waals surface area contributed by atoms with E-state index in [-0.39, 0.29) is 16.9 Å². The number of hydrogen-bond donors (Lipinski definition) is 2. The number of rotatable bonds is 4. The van der Waals surface area contributed by atoms with Crippen molar-refractivity contribution >= 4 is 17.3 Å². The van der Waals surface area contributed by atoms with Crippen LogP contribution in [-0.4, -0.2) is 10.8 Å². The number of nitrogen functional groups attached to an aromatic ring is 1. The van der Waals surface area contributed by atoms with Crippen LogP contribution in [-0.2, 0) is 6.54 Å². The number of nitrogens with zero attached hydrogens (tertiary/aromatic N) is 1. The molecule has 2 rings (SSSR count). The first-order valence-electron chi connectivity index (χ1n) is 6.36. The van der Waals surface area contributed by atoms with Gasteiger partial charge in [-0.3, -0.25) is 14.9 Å². The number of carbonyl (C=O) groups is 1. The minimum Gasteiger partial charge on any atom is -0.393 e. The maximum absolute atomic E-state index is 12.1. The molecule has 0 heterocycles. The molecule has 0 saturated heterocycles. The van der Waals surface area contributed by atoms with Crippen molar-refractivity contribution in [2.45, 2.75) is 13.5 Å². The summed E-state index contributed by atoms with van der Waals surface area (Å²) in [6, 6.07) is 11.9.